The summed E-state index contributed by atoms with van der Waals surface area (Å²) in [6.45, 7) is 8.93. The number of hydrogen-bond donors (Lipinski definition) is 1. The van der Waals surface area contributed by atoms with Crippen LogP contribution < -0.4 is 5.32 Å². The predicted molar refractivity (Wildman–Crippen MR) is 68.5 cm³/mol. The summed E-state index contributed by atoms with van der Waals surface area (Å²) in [6.07, 6.45) is 3.86. The molecule has 1 N–H and O–H groups in total. The lowest BCUT2D eigenvalue weighted by Gasteiger charge is -2.21. The Morgan fingerprint density at radius 2 is 2.20 bits per heavy atom. The van der Waals surface area contributed by atoms with Crippen LogP contribution in [0.4, 0.5) is 5.69 Å². The molecule has 0 aliphatic carbocycles. The third kappa shape index (κ3) is 5.11. The zero-order valence-electron chi connectivity index (χ0n) is 10.2. The number of aryl methyl sites for hydroxylation is 1. The maximum absolute atomic E-state index is 4.13. The second-order valence-corrected chi connectivity index (χ2v) is 6.72. The van der Waals surface area contributed by atoms with Crippen molar-refractivity contribution in [3.63, 3.8) is 0 Å². The second-order valence-electron chi connectivity index (χ2n) is 4.87. The molecule has 0 fully saturated rings. The van der Waals surface area contributed by atoms with E-state index in [1.54, 1.807) is 0 Å². The Labute approximate surface area is 96.6 Å². The van der Waals surface area contributed by atoms with Gasteiger partial charge in [-0.2, -0.15) is 16.9 Å². The van der Waals surface area contributed by atoms with Gasteiger partial charge in [-0.1, -0.05) is 20.8 Å². The van der Waals surface area contributed by atoms with E-state index in [2.05, 4.69) is 38.1 Å². The minimum atomic E-state index is 0.338. The average molecular weight is 227 g/mol. The van der Waals surface area contributed by atoms with Gasteiger partial charge in [0.05, 0.1) is 11.9 Å². The highest BCUT2D eigenvalue weighted by molar-refractivity contribution is 8.00. The summed E-state index contributed by atoms with van der Waals surface area (Å²) in [6, 6.07) is 0.471. The van der Waals surface area contributed by atoms with Crippen LogP contribution in [0.5, 0.6) is 0 Å². The number of hydrogen-bond acceptors (Lipinski definition) is 3. The first-order valence-corrected chi connectivity index (χ1v) is 6.24. The molecule has 0 saturated carbocycles. The molecule has 15 heavy (non-hydrogen) atoms. The van der Waals surface area contributed by atoms with Gasteiger partial charge in [0.2, 0.25) is 0 Å². The van der Waals surface area contributed by atoms with E-state index in [9.17, 15) is 0 Å². The zero-order chi connectivity index (χ0) is 11.5. The van der Waals surface area contributed by atoms with E-state index in [-0.39, 0.29) is 0 Å². The summed E-state index contributed by atoms with van der Waals surface area (Å²) < 4.78 is 2.15. The Hall–Kier alpha value is -0.640. The standard InChI is InChI=1S/C11H21N3S/c1-9(8-15-11(2,3)4)13-10-6-12-14(5)7-10/h6-7,9,13H,8H2,1-5H3/t9-/m0/s1. The molecule has 1 aromatic heterocycles. The van der Waals surface area contributed by atoms with Gasteiger partial charge in [0.25, 0.3) is 0 Å². The minimum Gasteiger partial charge on any atom is -0.379 e. The second kappa shape index (κ2) is 4.92. The predicted octanol–water partition coefficient (Wildman–Crippen LogP) is 2.75. The maximum Gasteiger partial charge on any atom is 0.0728 e. The number of thioether (sulfide) groups is 1. The molecule has 0 aliphatic heterocycles. The number of aromatic nitrogens is 2. The Kier molecular flexibility index (Phi) is 4.08. The molecule has 1 rings (SSSR count). The molecule has 1 aromatic rings. The number of rotatable bonds is 4. The summed E-state index contributed by atoms with van der Waals surface area (Å²) in [7, 11) is 1.93. The van der Waals surface area contributed by atoms with Crippen molar-refractivity contribution in [3.05, 3.63) is 12.4 Å². The van der Waals surface area contributed by atoms with E-state index >= 15 is 0 Å². The van der Waals surface area contributed by atoms with Crippen LogP contribution in [0.1, 0.15) is 27.7 Å². The van der Waals surface area contributed by atoms with Gasteiger partial charge in [-0.3, -0.25) is 4.68 Å². The summed E-state index contributed by atoms with van der Waals surface area (Å²) in [5.41, 5.74) is 1.10. The third-order valence-corrected chi connectivity index (χ3v) is 3.42. The van der Waals surface area contributed by atoms with Crippen molar-refractivity contribution in [2.75, 3.05) is 11.1 Å². The first-order chi connectivity index (χ1) is 6.87. The van der Waals surface area contributed by atoms with Gasteiger partial charge in [0, 0.05) is 29.8 Å². The molecule has 0 saturated heterocycles. The molecule has 0 radical (unpaired) electrons. The van der Waals surface area contributed by atoms with Crippen LogP contribution in [0.3, 0.4) is 0 Å². The van der Waals surface area contributed by atoms with E-state index in [1.165, 1.54) is 0 Å². The Morgan fingerprint density at radius 1 is 1.53 bits per heavy atom. The fourth-order valence-electron chi connectivity index (χ4n) is 1.20. The monoisotopic (exact) mass is 227 g/mol. The van der Waals surface area contributed by atoms with Crippen LogP contribution in [0.25, 0.3) is 0 Å². The van der Waals surface area contributed by atoms with E-state index in [0.29, 0.717) is 10.8 Å². The summed E-state index contributed by atoms with van der Waals surface area (Å²) >= 11 is 1.98. The van der Waals surface area contributed by atoms with Gasteiger partial charge in [0.1, 0.15) is 0 Å². The quantitative estimate of drug-likeness (QED) is 0.858. The van der Waals surface area contributed by atoms with E-state index in [1.807, 2.05) is 35.9 Å². The lowest BCUT2D eigenvalue weighted by molar-refractivity contribution is 0.767. The Balaban J connectivity index is 2.33. The molecule has 0 aliphatic rings. The number of nitrogens with one attached hydrogen (secondary N) is 1. The molecule has 4 heteroatoms. The van der Waals surface area contributed by atoms with E-state index in [0.717, 1.165) is 11.4 Å². The first kappa shape index (κ1) is 12.4. The van der Waals surface area contributed by atoms with Crippen molar-refractivity contribution in [1.29, 1.82) is 0 Å². The summed E-state index contributed by atoms with van der Waals surface area (Å²) in [5, 5.41) is 7.56. The van der Waals surface area contributed by atoms with E-state index < -0.39 is 0 Å². The Morgan fingerprint density at radius 3 is 2.67 bits per heavy atom. The van der Waals surface area contributed by atoms with Crippen LogP contribution in [0, 0.1) is 0 Å². The molecule has 1 heterocycles. The molecule has 0 aromatic carbocycles. The summed E-state index contributed by atoms with van der Waals surface area (Å²) in [5.74, 6) is 1.11. The van der Waals surface area contributed by atoms with Gasteiger partial charge in [0.15, 0.2) is 0 Å². The molecule has 1 atom stereocenters. The van der Waals surface area contributed by atoms with Gasteiger partial charge in [-0.25, -0.2) is 0 Å². The van der Waals surface area contributed by atoms with Crippen LogP contribution in [-0.4, -0.2) is 26.3 Å². The highest BCUT2D eigenvalue weighted by Crippen LogP contribution is 2.24. The van der Waals surface area contributed by atoms with Crippen molar-refractivity contribution < 1.29 is 0 Å². The largest absolute Gasteiger partial charge is 0.379 e. The van der Waals surface area contributed by atoms with Crippen molar-refractivity contribution in [1.82, 2.24) is 9.78 Å². The van der Waals surface area contributed by atoms with Crippen molar-refractivity contribution in [2.24, 2.45) is 7.05 Å². The lowest BCUT2D eigenvalue weighted by Crippen LogP contribution is -2.21. The van der Waals surface area contributed by atoms with E-state index in [4.69, 9.17) is 0 Å². The van der Waals surface area contributed by atoms with Crippen LogP contribution in [0.2, 0.25) is 0 Å². The number of anilines is 1. The maximum atomic E-state index is 4.13. The highest BCUT2D eigenvalue weighted by atomic mass is 32.2. The summed E-state index contributed by atoms with van der Waals surface area (Å²) in [4.78, 5) is 0. The molecule has 0 amide bonds. The lowest BCUT2D eigenvalue weighted by atomic mass is 10.3. The molecule has 3 nitrogen and oxygen atoms in total. The molecule has 0 unspecified atom stereocenters. The van der Waals surface area contributed by atoms with Crippen LogP contribution in [-0.2, 0) is 7.05 Å². The van der Waals surface area contributed by atoms with Crippen molar-refractivity contribution >= 4 is 17.4 Å². The molecular formula is C11H21N3S. The molecular weight excluding hydrogens is 206 g/mol. The van der Waals surface area contributed by atoms with Crippen molar-refractivity contribution in [3.8, 4) is 0 Å². The zero-order valence-corrected chi connectivity index (χ0v) is 11.1. The first-order valence-electron chi connectivity index (χ1n) is 5.26. The smallest absolute Gasteiger partial charge is 0.0728 e. The van der Waals surface area contributed by atoms with Crippen molar-refractivity contribution in [2.45, 2.75) is 38.5 Å². The average Bonchev–Trinajstić information content (AvgIpc) is 2.47. The Bertz CT molecular complexity index is 301. The third-order valence-electron chi connectivity index (χ3n) is 1.88. The van der Waals surface area contributed by atoms with Crippen LogP contribution >= 0.6 is 11.8 Å². The van der Waals surface area contributed by atoms with Gasteiger partial charge < -0.3 is 5.32 Å². The van der Waals surface area contributed by atoms with Gasteiger partial charge in [-0.15, -0.1) is 0 Å². The molecule has 0 bridgehead atoms. The minimum absolute atomic E-state index is 0.338. The highest BCUT2D eigenvalue weighted by Gasteiger charge is 2.12. The SMILES string of the molecule is C[C@@H](CSC(C)(C)C)Nc1cnn(C)c1. The molecule has 86 valence electrons. The fraction of sp³-hybridized carbons (Fsp3) is 0.727. The van der Waals surface area contributed by atoms with Crippen LogP contribution in [0.15, 0.2) is 12.4 Å². The topological polar surface area (TPSA) is 29.9 Å². The van der Waals surface area contributed by atoms with Gasteiger partial charge in [-0.05, 0) is 6.92 Å². The normalized spacial score (nSPS) is 13.9. The number of nitrogens with zero attached hydrogens (tertiary/aromatic N) is 2. The molecule has 0 spiro atoms. The van der Waals surface area contributed by atoms with Gasteiger partial charge >= 0.3 is 0 Å². The fourth-order valence-corrected chi connectivity index (χ4v) is 2.03.